The van der Waals surface area contributed by atoms with Gasteiger partial charge in [-0.2, -0.15) is 0 Å². The van der Waals surface area contributed by atoms with Gasteiger partial charge in [-0.05, 0) is 18.1 Å². The normalized spacial score (nSPS) is 11.7. The fraction of sp³-hybridized carbons (Fsp3) is 0.176. The number of ether oxygens (including phenoxy) is 1. The Balaban J connectivity index is 2.07. The molecule has 0 saturated heterocycles. The van der Waals surface area contributed by atoms with E-state index in [-0.39, 0.29) is 12.4 Å². The van der Waals surface area contributed by atoms with Gasteiger partial charge in [0.05, 0.1) is 0 Å². The van der Waals surface area contributed by atoms with Gasteiger partial charge in [0.2, 0.25) is 0 Å². The van der Waals surface area contributed by atoms with E-state index in [2.05, 4.69) is 0 Å². The van der Waals surface area contributed by atoms with Crippen molar-refractivity contribution >= 4 is 11.8 Å². The molecule has 20 heavy (non-hydrogen) atoms. The van der Waals surface area contributed by atoms with Crippen LogP contribution in [0.25, 0.3) is 0 Å². The lowest BCUT2D eigenvalue weighted by Gasteiger charge is -2.13. The zero-order valence-electron chi connectivity index (χ0n) is 11.3. The predicted molar refractivity (Wildman–Crippen MR) is 76.1 cm³/mol. The van der Waals surface area contributed by atoms with Crippen molar-refractivity contribution in [3.63, 3.8) is 0 Å². The number of carbonyl (C=O) groups is 2. The molecule has 0 radical (unpaired) electrons. The molecule has 0 aromatic heterocycles. The van der Waals surface area contributed by atoms with E-state index in [1.807, 2.05) is 36.4 Å². The van der Waals surface area contributed by atoms with Crippen LogP contribution in [0.5, 0.6) is 0 Å². The summed E-state index contributed by atoms with van der Waals surface area (Å²) in [5.41, 5.74) is 1.56. The van der Waals surface area contributed by atoms with Crippen molar-refractivity contribution in [2.75, 3.05) is 0 Å². The molecular weight excluding hydrogens is 252 g/mol. The molecule has 2 aromatic carbocycles. The molecule has 0 N–H and O–H groups in total. The Hall–Kier alpha value is -2.42. The zero-order valence-corrected chi connectivity index (χ0v) is 11.3. The SMILES string of the molecule is CC(=O)C(C(=O)OCc1ccccc1)c1ccccc1. The van der Waals surface area contributed by atoms with Gasteiger partial charge in [0.25, 0.3) is 0 Å². The van der Waals surface area contributed by atoms with Crippen molar-refractivity contribution in [1.29, 1.82) is 0 Å². The highest BCUT2D eigenvalue weighted by Gasteiger charge is 2.26. The van der Waals surface area contributed by atoms with Crippen molar-refractivity contribution in [3.05, 3.63) is 71.8 Å². The number of hydrogen-bond donors (Lipinski definition) is 0. The molecule has 0 aliphatic carbocycles. The van der Waals surface area contributed by atoms with Crippen molar-refractivity contribution in [2.24, 2.45) is 0 Å². The Bertz CT molecular complexity index is 576. The average molecular weight is 268 g/mol. The highest BCUT2D eigenvalue weighted by Crippen LogP contribution is 2.19. The summed E-state index contributed by atoms with van der Waals surface area (Å²) in [6, 6.07) is 18.4. The quantitative estimate of drug-likeness (QED) is 0.618. The van der Waals surface area contributed by atoms with Crippen LogP contribution in [-0.2, 0) is 20.9 Å². The lowest BCUT2D eigenvalue weighted by atomic mass is 9.96. The molecule has 0 bridgehead atoms. The summed E-state index contributed by atoms with van der Waals surface area (Å²) in [6.45, 7) is 1.58. The first kappa shape index (κ1) is 14.0. The Morgan fingerprint density at radius 3 is 2.05 bits per heavy atom. The minimum absolute atomic E-state index is 0.177. The van der Waals surface area contributed by atoms with Gasteiger partial charge in [0, 0.05) is 0 Å². The summed E-state index contributed by atoms with van der Waals surface area (Å²) >= 11 is 0. The molecule has 3 heteroatoms. The van der Waals surface area contributed by atoms with Crippen LogP contribution < -0.4 is 0 Å². The molecule has 2 aromatic rings. The summed E-state index contributed by atoms with van der Waals surface area (Å²) in [5, 5.41) is 0. The lowest BCUT2D eigenvalue weighted by Crippen LogP contribution is -2.22. The number of rotatable bonds is 5. The highest BCUT2D eigenvalue weighted by atomic mass is 16.5. The van der Waals surface area contributed by atoms with Gasteiger partial charge in [-0.1, -0.05) is 60.7 Å². The van der Waals surface area contributed by atoms with Crippen LogP contribution in [-0.4, -0.2) is 11.8 Å². The number of benzene rings is 2. The van der Waals surface area contributed by atoms with Crippen LogP contribution in [0.3, 0.4) is 0 Å². The summed E-state index contributed by atoms with van der Waals surface area (Å²) in [6.07, 6.45) is 0. The van der Waals surface area contributed by atoms with Crippen molar-refractivity contribution in [3.8, 4) is 0 Å². The summed E-state index contributed by atoms with van der Waals surface area (Å²) in [4.78, 5) is 23.8. The number of ketones is 1. The van der Waals surface area contributed by atoms with E-state index >= 15 is 0 Å². The molecule has 1 atom stereocenters. The maximum Gasteiger partial charge on any atom is 0.321 e. The van der Waals surface area contributed by atoms with E-state index in [4.69, 9.17) is 4.74 Å². The van der Waals surface area contributed by atoms with Crippen molar-refractivity contribution in [1.82, 2.24) is 0 Å². The molecule has 2 rings (SSSR count). The summed E-state index contributed by atoms with van der Waals surface area (Å²) in [7, 11) is 0. The second-order valence-electron chi connectivity index (χ2n) is 4.55. The van der Waals surface area contributed by atoms with Gasteiger partial charge in [-0.15, -0.1) is 0 Å². The number of carbonyl (C=O) groups excluding carboxylic acids is 2. The van der Waals surface area contributed by atoms with Gasteiger partial charge in [-0.3, -0.25) is 9.59 Å². The monoisotopic (exact) mass is 268 g/mol. The number of Topliss-reactive ketones (excluding diaryl/α,β-unsaturated/α-hetero) is 1. The number of esters is 1. The van der Waals surface area contributed by atoms with Crippen LogP contribution in [0.4, 0.5) is 0 Å². The fourth-order valence-corrected chi connectivity index (χ4v) is 1.99. The van der Waals surface area contributed by atoms with E-state index in [1.165, 1.54) is 6.92 Å². The second kappa shape index (κ2) is 6.66. The molecule has 102 valence electrons. The molecule has 0 heterocycles. The predicted octanol–water partition coefficient (Wildman–Crippen LogP) is 3.10. The van der Waals surface area contributed by atoms with E-state index in [1.54, 1.807) is 24.3 Å². The average Bonchev–Trinajstić information content (AvgIpc) is 2.47. The van der Waals surface area contributed by atoms with Crippen LogP contribution in [0.15, 0.2) is 60.7 Å². The number of hydrogen-bond acceptors (Lipinski definition) is 3. The molecule has 1 unspecified atom stereocenters. The smallest absolute Gasteiger partial charge is 0.321 e. The Morgan fingerprint density at radius 2 is 1.50 bits per heavy atom. The van der Waals surface area contributed by atoms with Gasteiger partial charge in [0.15, 0.2) is 0 Å². The van der Waals surface area contributed by atoms with Gasteiger partial charge >= 0.3 is 5.97 Å². The summed E-state index contributed by atoms with van der Waals surface area (Å²) < 4.78 is 5.25. The first-order valence-corrected chi connectivity index (χ1v) is 6.44. The van der Waals surface area contributed by atoms with E-state index < -0.39 is 11.9 Å². The summed E-state index contributed by atoms with van der Waals surface area (Å²) in [5.74, 6) is -1.57. The third-order valence-electron chi connectivity index (χ3n) is 3.00. The maximum atomic E-state index is 12.1. The Kier molecular flexibility index (Phi) is 4.66. The van der Waals surface area contributed by atoms with Crippen LogP contribution in [0.2, 0.25) is 0 Å². The molecule has 0 aliphatic rings. The maximum absolute atomic E-state index is 12.1. The van der Waals surface area contributed by atoms with Crippen LogP contribution in [0, 0.1) is 0 Å². The van der Waals surface area contributed by atoms with Gasteiger partial charge in [-0.25, -0.2) is 0 Å². The van der Waals surface area contributed by atoms with Gasteiger partial charge in [0.1, 0.15) is 18.3 Å². The van der Waals surface area contributed by atoms with Gasteiger partial charge < -0.3 is 4.74 Å². The molecule has 0 saturated carbocycles. The molecule has 0 aliphatic heterocycles. The second-order valence-corrected chi connectivity index (χ2v) is 4.55. The van der Waals surface area contributed by atoms with E-state index in [9.17, 15) is 9.59 Å². The van der Waals surface area contributed by atoms with E-state index in [0.717, 1.165) is 5.56 Å². The first-order valence-electron chi connectivity index (χ1n) is 6.44. The van der Waals surface area contributed by atoms with Crippen molar-refractivity contribution in [2.45, 2.75) is 19.4 Å². The van der Waals surface area contributed by atoms with Crippen LogP contribution >= 0.6 is 0 Å². The molecule has 3 nitrogen and oxygen atoms in total. The molecule has 0 spiro atoms. The van der Waals surface area contributed by atoms with E-state index in [0.29, 0.717) is 5.56 Å². The lowest BCUT2D eigenvalue weighted by molar-refractivity contribution is -0.149. The fourth-order valence-electron chi connectivity index (χ4n) is 1.99. The van der Waals surface area contributed by atoms with Crippen LogP contribution in [0.1, 0.15) is 24.0 Å². The molecular formula is C17H16O3. The topological polar surface area (TPSA) is 43.4 Å². The highest BCUT2D eigenvalue weighted by molar-refractivity contribution is 6.03. The molecule has 0 fully saturated rings. The third-order valence-corrected chi connectivity index (χ3v) is 3.00. The first-order chi connectivity index (χ1) is 9.68. The zero-order chi connectivity index (χ0) is 14.4. The minimum Gasteiger partial charge on any atom is -0.460 e. The Morgan fingerprint density at radius 1 is 0.950 bits per heavy atom. The largest absolute Gasteiger partial charge is 0.460 e. The Labute approximate surface area is 118 Å². The standard InChI is InChI=1S/C17H16O3/c1-13(18)16(15-10-6-3-7-11-15)17(19)20-12-14-8-4-2-5-9-14/h2-11,16H,12H2,1H3. The minimum atomic E-state index is -0.847. The molecule has 0 amide bonds. The van der Waals surface area contributed by atoms with Crippen molar-refractivity contribution < 1.29 is 14.3 Å². The third kappa shape index (κ3) is 3.54.